The van der Waals surface area contributed by atoms with E-state index < -0.39 is 0 Å². The fourth-order valence-corrected chi connectivity index (χ4v) is 3.92. The SMILES string of the molecule is O=c1cc2c(nn1CC1CCN(Cc3ncccn3)CC1)CCCC2. The van der Waals surface area contributed by atoms with E-state index in [9.17, 15) is 4.79 Å². The average molecular weight is 339 g/mol. The van der Waals surface area contributed by atoms with Crippen molar-refractivity contribution in [1.29, 1.82) is 0 Å². The average Bonchev–Trinajstić information content (AvgIpc) is 2.65. The molecule has 6 nitrogen and oxygen atoms in total. The Morgan fingerprint density at radius 1 is 1.08 bits per heavy atom. The number of rotatable bonds is 4. The summed E-state index contributed by atoms with van der Waals surface area (Å²) in [6, 6.07) is 3.67. The third-order valence-electron chi connectivity index (χ3n) is 5.40. The molecule has 0 atom stereocenters. The topological polar surface area (TPSA) is 63.9 Å². The fraction of sp³-hybridized carbons (Fsp3) is 0.579. The standard InChI is InChI=1S/C19H25N5O/c25-19-12-16-4-1-2-5-17(16)22-24(19)13-15-6-10-23(11-7-15)14-18-20-8-3-9-21-18/h3,8-9,12,15H,1-2,4-7,10-11,13-14H2. The van der Waals surface area contributed by atoms with Gasteiger partial charge in [-0.15, -0.1) is 0 Å². The first-order valence-corrected chi connectivity index (χ1v) is 9.36. The molecule has 3 heterocycles. The van der Waals surface area contributed by atoms with Crippen molar-refractivity contribution in [3.63, 3.8) is 0 Å². The van der Waals surface area contributed by atoms with Gasteiger partial charge in [-0.2, -0.15) is 5.10 Å². The van der Waals surface area contributed by atoms with Gasteiger partial charge in [0, 0.05) is 25.0 Å². The highest BCUT2D eigenvalue weighted by molar-refractivity contribution is 5.20. The van der Waals surface area contributed by atoms with Crippen LogP contribution in [0.2, 0.25) is 0 Å². The molecule has 6 heteroatoms. The molecular formula is C19H25N5O. The monoisotopic (exact) mass is 339 g/mol. The van der Waals surface area contributed by atoms with Gasteiger partial charge in [-0.25, -0.2) is 14.6 Å². The summed E-state index contributed by atoms with van der Waals surface area (Å²) in [5.74, 6) is 1.41. The maximum atomic E-state index is 12.3. The minimum Gasteiger partial charge on any atom is -0.296 e. The number of likely N-dealkylation sites (tertiary alicyclic amines) is 1. The van der Waals surface area contributed by atoms with E-state index in [-0.39, 0.29) is 5.56 Å². The highest BCUT2D eigenvalue weighted by Gasteiger charge is 2.22. The highest BCUT2D eigenvalue weighted by atomic mass is 16.1. The van der Waals surface area contributed by atoms with E-state index in [1.165, 1.54) is 18.4 Å². The summed E-state index contributed by atoms with van der Waals surface area (Å²) in [4.78, 5) is 23.3. The summed E-state index contributed by atoms with van der Waals surface area (Å²) in [5, 5.41) is 4.66. The Bertz CT molecular complexity index is 765. The van der Waals surface area contributed by atoms with Gasteiger partial charge >= 0.3 is 0 Å². The van der Waals surface area contributed by atoms with E-state index in [1.807, 2.05) is 12.1 Å². The highest BCUT2D eigenvalue weighted by Crippen LogP contribution is 2.21. The Morgan fingerprint density at radius 2 is 1.84 bits per heavy atom. The van der Waals surface area contributed by atoms with Crippen molar-refractivity contribution in [2.45, 2.75) is 51.6 Å². The third kappa shape index (κ3) is 3.95. The minimum absolute atomic E-state index is 0.0702. The molecule has 0 bridgehead atoms. The number of aryl methyl sites for hydroxylation is 2. The van der Waals surface area contributed by atoms with Crippen molar-refractivity contribution in [2.24, 2.45) is 5.92 Å². The third-order valence-corrected chi connectivity index (χ3v) is 5.40. The van der Waals surface area contributed by atoms with Gasteiger partial charge in [0.1, 0.15) is 5.82 Å². The van der Waals surface area contributed by atoms with E-state index in [0.717, 1.165) is 63.4 Å². The van der Waals surface area contributed by atoms with Crippen LogP contribution in [0.4, 0.5) is 0 Å². The maximum Gasteiger partial charge on any atom is 0.267 e. The van der Waals surface area contributed by atoms with Crippen LogP contribution in [0.15, 0.2) is 29.3 Å². The lowest BCUT2D eigenvalue weighted by molar-refractivity contribution is 0.160. The van der Waals surface area contributed by atoms with Crippen molar-refractivity contribution < 1.29 is 0 Å². The Labute approximate surface area is 147 Å². The summed E-state index contributed by atoms with van der Waals surface area (Å²) in [6.07, 6.45) is 10.2. The maximum absolute atomic E-state index is 12.3. The van der Waals surface area contributed by atoms with Crippen LogP contribution in [0, 0.1) is 5.92 Å². The molecule has 1 aliphatic heterocycles. The molecule has 0 spiro atoms. The molecule has 2 aromatic rings. The van der Waals surface area contributed by atoms with Crippen LogP contribution in [0.5, 0.6) is 0 Å². The first kappa shape index (κ1) is 16.4. The molecule has 1 saturated heterocycles. The summed E-state index contributed by atoms with van der Waals surface area (Å²) >= 11 is 0. The van der Waals surface area contributed by atoms with Crippen molar-refractivity contribution >= 4 is 0 Å². The largest absolute Gasteiger partial charge is 0.296 e. The van der Waals surface area contributed by atoms with E-state index >= 15 is 0 Å². The van der Waals surface area contributed by atoms with Gasteiger partial charge in [-0.1, -0.05) is 0 Å². The molecule has 0 aromatic carbocycles. The quantitative estimate of drug-likeness (QED) is 0.850. The molecule has 4 rings (SSSR count). The number of aromatic nitrogens is 4. The van der Waals surface area contributed by atoms with Gasteiger partial charge in [-0.3, -0.25) is 9.69 Å². The number of nitrogens with zero attached hydrogens (tertiary/aromatic N) is 5. The molecule has 0 radical (unpaired) electrons. The van der Waals surface area contributed by atoms with Gasteiger partial charge in [0.25, 0.3) is 5.56 Å². The molecule has 2 aromatic heterocycles. The summed E-state index contributed by atoms with van der Waals surface area (Å²) in [6.45, 7) is 3.62. The lowest BCUT2D eigenvalue weighted by Gasteiger charge is -2.31. The lowest BCUT2D eigenvalue weighted by Crippen LogP contribution is -2.37. The van der Waals surface area contributed by atoms with Crippen molar-refractivity contribution in [3.8, 4) is 0 Å². The molecule has 25 heavy (non-hydrogen) atoms. The predicted octanol–water partition coefficient (Wildman–Crippen LogP) is 1.82. The molecule has 132 valence electrons. The van der Waals surface area contributed by atoms with Gasteiger partial charge in [0.2, 0.25) is 0 Å². The van der Waals surface area contributed by atoms with Crippen molar-refractivity contribution in [1.82, 2.24) is 24.6 Å². The zero-order chi connectivity index (χ0) is 17.1. The molecule has 0 saturated carbocycles. The van der Waals surface area contributed by atoms with Crippen LogP contribution < -0.4 is 5.56 Å². The second-order valence-corrected chi connectivity index (χ2v) is 7.23. The predicted molar refractivity (Wildman–Crippen MR) is 95.2 cm³/mol. The molecule has 0 unspecified atom stereocenters. The van der Waals surface area contributed by atoms with Gasteiger partial charge in [0.05, 0.1) is 12.2 Å². The Balaban J connectivity index is 1.35. The molecule has 0 N–H and O–H groups in total. The summed E-state index contributed by atoms with van der Waals surface area (Å²) < 4.78 is 1.71. The Morgan fingerprint density at radius 3 is 2.64 bits per heavy atom. The molecular weight excluding hydrogens is 314 g/mol. The first-order valence-electron chi connectivity index (χ1n) is 9.36. The van der Waals surface area contributed by atoms with Crippen LogP contribution in [0.3, 0.4) is 0 Å². The number of fused-ring (bicyclic) bond motifs is 1. The lowest BCUT2D eigenvalue weighted by atomic mass is 9.96. The van der Waals surface area contributed by atoms with E-state index in [1.54, 1.807) is 17.1 Å². The van der Waals surface area contributed by atoms with Crippen LogP contribution in [0.1, 0.15) is 42.8 Å². The second kappa shape index (κ2) is 7.44. The number of hydrogen-bond acceptors (Lipinski definition) is 5. The Hall–Kier alpha value is -2.08. The van der Waals surface area contributed by atoms with Crippen LogP contribution in [-0.2, 0) is 25.9 Å². The van der Waals surface area contributed by atoms with E-state index in [2.05, 4.69) is 20.0 Å². The normalized spacial score (nSPS) is 18.9. The Kier molecular flexibility index (Phi) is 4.88. The van der Waals surface area contributed by atoms with Crippen LogP contribution >= 0.6 is 0 Å². The van der Waals surface area contributed by atoms with Crippen LogP contribution in [-0.4, -0.2) is 37.7 Å². The summed E-state index contributed by atoms with van der Waals surface area (Å²) in [7, 11) is 0. The minimum atomic E-state index is 0.0702. The molecule has 1 fully saturated rings. The fourth-order valence-electron chi connectivity index (χ4n) is 3.92. The van der Waals surface area contributed by atoms with E-state index in [0.29, 0.717) is 5.92 Å². The van der Waals surface area contributed by atoms with Crippen LogP contribution in [0.25, 0.3) is 0 Å². The van der Waals surface area contributed by atoms with Crippen molar-refractivity contribution in [3.05, 3.63) is 52.0 Å². The zero-order valence-electron chi connectivity index (χ0n) is 14.6. The van der Waals surface area contributed by atoms with Gasteiger partial charge in [-0.05, 0) is 69.2 Å². The summed E-state index contributed by atoms with van der Waals surface area (Å²) in [5.41, 5.74) is 2.38. The van der Waals surface area contributed by atoms with E-state index in [4.69, 9.17) is 0 Å². The zero-order valence-corrected chi connectivity index (χ0v) is 14.6. The number of piperidine rings is 1. The smallest absolute Gasteiger partial charge is 0.267 e. The first-order chi connectivity index (χ1) is 12.3. The van der Waals surface area contributed by atoms with Gasteiger partial charge < -0.3 is 0 Å². The molecule has 1 aliphatic carbocycles. The molecule has 0 amide bonds. The van der Waals surface area contributed by atoms with Crippen molar-refractivity contribution in [2.75, 3.05) is 13.1 Å². The second-order valence-electron chi connectivity index (χ2n) is 7.23. The molecule has 2 aliphatic rings. The number of hydrogen-bond donors (Lipinski definition) is 0. The van der Waals surface area contributed by atoms with Gasteiger partial charge in [0.15, 0.2) is 0 Å².